The molecule has 0 heterocycles. The van der Waals surface area contributed by atoms with Gasteiger partial charge in [0.1, 0.15) is 6.04 Å². The quantitative estimate of drug-likeness (QED) is 0.635. The Morgan fingerprint density at radius 2 is 2.08 bits per heavy atom. The summed E-state index contributed by atoms with van der Waals surface area (Å²) in [6.45, 7) is 3.88. The zero-order chi connectivity index (χ0) is 10.4. The second-order valence-electron chi connectivity index (χ2n) is 2.80. The molecule has 0 radical (unpaired) electrons. The van der Waals surface area contributed by atoms with Crippen LogP contribution in [0.25, 0.3) is 0 Å². The van der Waals surface area contributed by atoms with Crippen molar-refractivity contribution in [1.82, 2.24) is 5.32 Å². The van der Waals surface area contributed by atoms with Gasteiger partial charge in [-0.2, -0.15) is 0 Å². The van der Waals surface area contributed by atoms with Crippen molar-refractivity contribution < 1.29 is 14.3 Å². The van der Waals surface area contributed by atoms with E-state index in [1.54, 1.807) is 22.6 Å². The Kier molecular flexibility index (Phi) is 6.02. The summed E-state index contributed by atoms with van der Waals surface area (Å²) in [5.41, 5.74) is 0. The fraction of sp³-hybridized carbons (Fsp3) is 0.750. The first-order valence-corrected chi connectivity index (χ1v) is 5.14. The Morgan fingerprint density at radius 3 is 2.38 bits per heavy atom. The molecule has 0 saturated carbocycles. The van der Waals surface area contributed by atoms with Crippen molar-refractivity contribution in [2.45, 2.75) is 26.3 Å². The number of halogens is 1. The minimum atomic E-state index is -0.560. The van der Waals surface area contributed by atoms with E-state index in [0.717, 1.165) is 6.42 Å². The highest BCUT2D eigenvalue weighted by Gasteiger charge is 2.23. The van der Waals surface area contributed by atoms with E-state index in [-0.39, 0.29) is 9.71 Å². The molecule has 5 heteroatoms. The van der Waals surface area contributed by atoms with Crippen molar-refractivity contribution >= 4 is 32.5 Å². The summed E-state index contributed by atoms with van der Waals surface area (Å²) in [7, 11) is 1.28. The molecule has 0 aromatic carbocycles. The molecule has 1 amide bonds. The first-order valence-electron chi connectivity index (χ1n) is 4.06. The zero-order valence-electron chi connectivity index (χ0n) is 7.96. The third-order valence-corrected chi connectivity index (χ3v) is 2.59. The molecule has 1 N–H and O–H groups in total. The molecule has 0 aromatic rings. The van der Waals surface area contributed by atoms with Crippen LogP contribution in [0.3, 0.4) is 0 Å². The molecule has 76 valence electrons. The monoisotopic (exact) mass is 299 g/mol. The first kappa shape index (κ1) is 12.7. The second-order valence-corrected chi connectivity index (χ2v) is 3.87. The van der Waals surface area contributed by atoms with Crippen molar-refractivity contribution in [2.75, 3.05) is 7.11 Å². The van der Waals surface area contributed by atoms with Crippen molar-refractivity contribution in [2.24, 2.45) is 5.92 Å². The molecule has 0 bridgehead atoms. The molecule has 2 atom stereocenters. The molecule has 1 unspecified atom stereocenters. The fourth-order valence-electron chi connectivity index (χ4n) is 0.844. The lowest BCUT2D eigenvalue weighted by atomic mass is 10.0. The van der Waals surface area contributed by atoms with Crippen molar-refractivity contribution in [3.63, 3.8) is 0 Å². The Hall–Kier alpha value is -0.330. The smallest absolute Gasteiger partial charge is 0.407 e. The van der Waals surface area contributed by atoms with Gasteiger partial charge >= 0.3 is 6.09 Å². The molecule has 0 saturated heterocycles. The van der Waals surface area contributed by atoms with Gasteiger partial charge in [0.2, 0.25) is 3.79 Å². The Bertz CT molecular complexity index is 196. The van der Waals surface area contributed by atoms with Gasteiger partial charge in [0.25, 0.3) is 0 Å². The van der Waals surface area contributed by atoms with Crippen molar-refractivity contribution in [3.8, 4) is 0 Å². The van der Waals surface area contributed by atoms with Gasteiger partial charge in [0.05, 0.1) is 7.11 Å². The summed E-state index contributed by atoms with van der Waals surface area (Å²) >= 11 is 1.68. The second kappa shape index (κ2) is 6.17. The minimum absolute atomic E-state index is 0.0719. The van der Waals surface area contributed by atoms with Gasteiger partial charge < -0.3 is 10.1 Å². The number of rotatable bonds is 4. The third kappa shape index (κ3) is 4.44. The lowest BCUT2D eigenvalue weighted by Crippen LogP contribution is -2.43. The summed E-state index contributed by atoms with van der Waals surface area (Å²) in [5, 5.41) is 2.50. The summed E-state index contributed by atoms with van der Waals surface area (Å²) < 4.78 is 4.35. The fourth-order valence-corrected chi connectivity index (χ4v) is 1.61. The molecule has 0 rings (SSSR count). The van der Waals surface area contributed by atoms with Crippen molar-refractivity contribution in [1.29, 1.82) is 0 Å². The van der Waals surface area contributed by atoms with Gasteiger partial charge in [-0.3, -0.25) is 4.79 Å². The Balaban J connectivity index is 4.26. The predicted octanol–water partition coefficient (Wildman–Crippen LogP) is 1.72. The SMILES string of the molecule is CCC(C)[C@H](NC(=O)OC)C(=O)I. The van der Waals surface area contributed by atoms with E-state index in [0.29, 0.717) is 0 Å². The van der Waals surface area contributed by atoms with Crippen LogP contribution in [0.4, 0.5) is 4.79 Å². The topological polar surface area (TPSA) is 55.4 Å². The highest BCUT2D eigenvalue weighted by atomic mass is 127. The third-order valence-electron chi connectivity index (χ3n) is 1.92. The zero-order valence-corrected chi connectivity index (χ0v) is 10.1. The molecular formula is C8H14INO3. The minimum Gasteiger partial charge on any atom is -0.453 e. The summed E-state index contributed by atoms with van der Waals surface area (Å²) in [6, 6.07) is -0.446. The molecule has 0 aliphatic carbocycles. The van der Waals surface area contributed by atoms with E-state index < -0.39 is 12.1 Å². The normalized spacial score (nSPS) is 14.5. The van der Waals surface area contributed by atoms with E-state index in [1.807, 2.05) is 13.8 Å². The van der Waals surface area contributed by atoms with E-state index >= 15 is 0 Å². The predicted molar refractivity (Wildman–Crippen MR) is 57.8 cm³/mol. The average molecular weight is 299 g/mol. The van der Waals surface area contributed by atoms with Gasteiger partial charge in [-0.05, 0) is 5.92 Å². The van der Waals surface area contributed by atoms with E-state index in [4.69, 9.17) is 0 Å². The number of carbonyl (C=O) groups is 2. The maximum atomic E-state index is 11.1. The molecule has 13 heavy (non-hydrogen) atoms. The number of nitrogens with one attached hydrogen (secondary N) is 1. The summed E-state index contributed by atoms with van der Waals surface area (Å²) in [4.78, 5) is 22.0. The number of ether oxygens (including phenoxy) is 1. The van der Waals surface area contributed by atoms with Crippen LogP contribution in [-0.2, 0) is 9.53 Å². The number of methoxy groups -OCH3 is 1. The Morgan fingerprint density at radius 1 is 1.54 bits per heavy atom. The van der Waals surface area contributed by atoms with Crippen LogP contribution >= 0.6 is 22.6 Å². The van der Waals surface area contributed by atoms with Crippen molar-refractivity contribution in [3.05, 3.63) is 0 Å². The standard InChI is InChI=1S/C8H14INO3/c1-4-5(2)6(7(9)11)10-8(12)13-3/h5-6H,4H2,1-3H3,(H,10,12)/t5?,6-/m0/s1. The maximum absolute atomic E-state index is 11.1. The highest BCUT2D eigenvalue weighted by molar-refractivity contribution is 14.1. The van der Waals surface area contributed by atoms with Crippen LogP contribution in [0.2, 0.25) is 0 Å². The van der Waals surface area contributed by atoms with Gasteiger partial charge in [-0.15, -0.1) is 0 Å². The number of hydrogen-bond acceptors (Lipinski definition) is 3. The molecule has 0 aliphatic heterocycles. The lowest BCUT2D eigenvalue weighted by molar-refractivity contribution is -0.112. The van der Waals surface area contributed by atoms with E-state index in [2.05, 4.69) is 10.1 Å². The highest BCUT2D eigenvalue weighted by Crippen LogP contribution is 2.11. The number of amides is 1. The molecule has 0 spiro atoms. The maximum Gasteiger partial charge on any atom is 0.407 e. The van der Waals surface area contributed by atoms with Gasteiger partial charge in [-0.1, -0.05) is 20.3 Å². The summed E-state index contributed by atoms with van der Waals surface area (Å²) in [5.74, 6) is 0.128. The largest absolute Gasteiger partial charge is 0.453 e. The first-order chi connectivity index (χ1) is 6.02. The Labute approximate surface area is 91.5 Å². The van der Waals surface area contributed by atoms with Crippen LogP contribution < -0.4 is 5.32 Å². The number of hydrogen-bond donors (Lipinski definition) is 1. The van der Waals surface area contributed by atoms with Crippen LogP contribution in [-0.4, -0.2) is 23.0 Å². The molecule has 0 aromatic heterocycles. The molecular weight excluding hydrogens is 285 g/mol. The summed E-state index contributed by atoms with van der Waals surface area (Å²) in [6.07, 6.45) is 0.277. The van der Waals surface area contributed by atoms with Gasteiger partial charge in [0, 0.05) is 22.6 Å². The molecule has 0 aliphatic rings. The lowest BCUT2D eigenvalue weighted by Gasteiger charge is -2.19. The molecule has 4 nitrogen and oxygen atoms in total. The van der Waals surface area contributed by atoms with Crippen LogP contribution in [0, 0.1) is 5.92 Å². The van der Waals surface area contributed by atoms with E-state index in [9.17, 15) is 9.59 Å². The van der Waals surface area contributed by atoms with Crippen LogP contribution in [0.5, 0.6) is 0 Å². The van der Waals surface area contributed by atoms with E-state index in [1.165, 1.54) is 7.11 Å². The number of alkyl carbamates (subject to hydrolysis) is 1. The molecule has 0 fully saturated rings. The van der Waals surface area contributed by atoms with Gasteiger partial charge in [-0.25, -0.2) is 4.79 Å². The average Bonchev–Trinajstić information content (AvgIpc) is 2.11. The van der Waals surface area contributed by atoms with Gasteiger partial charge in [0.15, 0.2) is 0 Å². The van der Waals surface area contributed by atoms with Crippen LogP contribution in [0.15, 0.2) is 0 Å². The number of carbonyl (C=O) groups excluding carboxylic acids is 2. The van der Waals surface area contributed by atoms with Crippen LogP contribution in [0.1, 0.15) is 20.3 Å².